The molecule has 0 fully saturated rings. The minimum absolute atomic E-state index is 0.0182. The van der Waals surface area contributed by atoms with Crippen LogP contribution in [0.25, 0.3) is 0 Å². The van der Waals surface area contributed by atoms with E-state index in [-0.39, 0.29) is 13.7 Å². The van der Waals surface area contributed by atoms with E-state index in [9.17, 15) is 13.2 Å². The van der Waals surface area contributed by atoms with Crippen LogP contribution >= 0.6 is 38.5 Å². The Morgan fingerprint density at radius 1 is 1.53 bits per heavy atom. The summed E-state index contributed by atoms with van der Waals surface area (Å²) in [7, 11) is 0. The van der Waals surface area contributed by atoms with Crippen LogP contribution in [0.15, 0.2) is 10.7 Å². The highest BCUT2D eigenvalue weighted by Gasteiger charge is 2.33. The summed E-state index contributed by atoms with van der Waals surface area (Å²) in [6.45, 7) is 0. The van der Waals surface area contributed by atoms with Crippen LogP contribution in [0.5, 0.6) is 5.88 Å². The van der Waals surface area contributed by atoms with E-state index in [0.717, 1.165) is 0 Å². The van der Waals surface area contributed by atoms with Gasteiger partial charge in [0.25, 0.3) is 0 Å². The van der Waals surface area contributed by atoms with Gasteiger partial charge >= 0.3 is 6.36 Å². The van der Waals surface area contributed by atoms with Crippen molar-refractivity contribution in [2.75, 3.05) is 0 Å². The SMILES string of the molecule is N#Cc1cc(I)c(OC(F)(F)F)nc1Br. The van der Waals surface area contributed by atoms with E-state index in [2.05, 4.69) is 25.7 Å². The number of halogens is 5. The third kappa shape index (κ3) is 3.49. The fourth-order valence-electron chi connectivity index (χ4n) is 0.710. The lowest BCUT2D eigenvalue weighted by atomic mass is 10.3. The minimum atomic E-state index is -4.79. The van der Waals surface area contributed by atoms with Crippen molar-refractivity contribution in [3.05, 3.63) is 19.8 Å². The van der Waals surface area contributed by atoms with E-state index < -0.39 is 12.2 Å². The van der Waals surface area contributed by atoms with E-state index in [1.165, 1.54) is 6.07 Å². The van der Waals surface area contributed by atoms with Gasteiger partial charge < -0.3 is 4.74 Å². The molecule has 15 heavy (non-hydrogen) atoms. The van der Waals surface area contributed by atoms with Crippen LogP contribution in [-0.4, -0.2) is 11.3 Å². The molecule has 3 nitrogen and oxygen atoms in total. The molecule has 0 unspecified atom stereocenters. The molecule has 0 saturated heterocycles. The predicted molar refractivity (Wildman–Crippen MR) is 56.1 cm³/mol. The smallest absolute Gasteiger partial charge is 0.387 e. The zero-order valence-electron chi connectivity index (χ0n) is 6.77. The van der Waals surface area contributed by atoms with E-state index in [0.29, 0.717) is 0 Å². The van der Waals surface area contributed by atoms with Crippen LogP contribution in [0, 0.1) is 14.9 Å². The molecule has 1 aromatic heterocycles. The topological polar surface area (TPSA) is 45.9 Å². The molecule has 0 N–H and O–H groups in total. The van der Waals surface area contributed by atoms with Crippen molar-refractivity contribution < 1.29 is 17.9 Å². The van der Waals surface area contributed by atoms with Gasteiger partial charge in [0.15, 0.2) is 0 Å². The van der Waals surface area contributed by atoms with Crippen molar-refractivity contribution in [2.24, 2.45) is 0 Å². The van der Waals surface area contributed by atoms with Crippen LogP contribution in [0.3, 0.4) is 0 Å². The van der Waals surface area contributed by atoms with E-state index in [1.54, 1.807) is 28.7 Å². The fraction of sp³-hybridized carbons (Fsp3) is 0.143. The zero-order chi connectivity index (χ0) is 11.6. The Balaban J connectivity index is 3.13. The molecule has 0 atom stereocenters. The Morgan fingerprint density at radius 2 is 2.13 bits per heavy atom. The molecular weight excluding hydrogens is 392 g/mol. The Hall–Kier alpha value is -0.560. The molecule has 0 aliphatic rings. The number of nitrogens with zero attached hydrogens (tertiary/aromatic N) is 2. The van der Waals surface area contributed by atoms with E-state index in [4.69, 9.17) is 5.26 Å². The quantitative estimate of drug-likeness (QED) is 0.544. The van der Waals surface area contributed by atoms with Crippen molar-refractivity contribution in [3.63, 3.8) is 0 Å². The Labute approximate surface area is 105 Å². The van der Waals surface area contributed by atoms with Gasteiger partial charge in [-0.05, 0) is 44.6 Å². The molecule has 1 heterocycles. The predicted octanol–water partition coefficient (Wildman–Crippen LogP) is 3.22. The van der Waals surface area contributed by atoms with Gasteiger partial charge in [-0.3, -0.25) is 0 Å². The molecule has 1 aromatic rings. The summed E-state index contributed by atoms with van der Waals surface area (Å²) < 4.78 is 39.5. The third-order valence-electron chi connectivity index (χ3n) is 1.23. The first-order valence-corrected chi connectivity index (χ1v) is 5.22. The molecule has 0 bridgehead atoms. The largest absolute Gasteiger partial charge is 0.574 e. The standard InChI is InChI=1S/C7HBrF3IN2O/c8-5-3(2-13)1-4(12)6(14-5)15-7(9,10)11/h1H. The van der Waals surface area contributed by atoms with E-state index >= 15 is 0 Å². The lowest BCUT2D eigenvalue weighted by Gasteiger charge is -2.09. The highest BCUT2D eigenvalue weighted by atomic mass is 127. The van der Waals surface area contributed by atoms with Crippen LogP contribution in [0.2, 0.25) is 0 Å². The first kappa shape index (κ1) is 12.5. The van der Waals surface area contributed by atoms with Crippen molar-refractivity contribution >= 4 is 38.5 Å². The molecule has 8 heteroatoms. The second kappa shape index (κ2) is 4.52. The second-order valence-corrected chi connectivity index (χ2v) is 4.19. The number of rotatable bonds is 1. The number of aromatic nitrogens is 1. The van der Waals surface area contributed by atoms with Crippen LogP contribution < -0.4 is 4.74 Å². The normalized spacial score (nSPS) is 10.9. The summed E-state index contributed by atoms with van der Waals surface area (Å²) in [6.07, 6.45) is -4.79. The molecule has 0 aliphatic carbocycles. The van der Waals surface area contributed by atoms with Gasteiger partial charge in [-0.1, -0.05) is 0 Å². The Bertz CT molecular complexity index is 429. The number of hydrogen-bond donors (Lipinski definition) is 0. The number of ether oxygens (including phenoxy) is 1. The van der Waals surface area contributed by atoms with Crippen molar-refractivity contribution in [3.8, 4) is 11.9 Å². The maximum atomic E-state index is 11.9. The average molecular weight is 393 g/mol. The molecule has 0 aromatic carbocycles. The number of nitriles is 1. The van der Waals surface area contributed by atoms with Crippen molar-refractivity contribution in [1.82, 2.24) is 4.98 Å². The molecule has 0 amide bonds. The molecule has 0 saturated carbocycles. The Kier molecular flexibility index (Phi) is 3.77. The van der Waals surface area contributed by atoms with Crippen LogP contribution in [0.1, 0.15) is 5.56 Å². The van der Waals surface area contributed by atoms with Gasteiger partial charge in [0.2, 0.25) is 5.88 Å². The average Bonchev–Trinajstić information content (AvgIpc) is 2.08. The maximum Gasteiger partial charge on any atom is 0.574 e. The first-order valence-electron chi connectivity index (χ1n) is 3.35. The molecule has 0 radical (unpaired) electrons. The first-order chi connectivity index (χ1) is 6.83. The van der Waals surface area contributed by atoms with Gasteiger partial charge in [-0.25, -0.2) is 4.98 Å². The molecular formula is C7HBrF3IN2O. The molecule has 1 rings (SSSR count). The molecule has 0 aliphatic heterocycles. The number of hydrogen-bond acceptors (Lipinski definition) is 3. The van der Waals surface area contributed by atoms with Crippen molar-refractivity contribution in [2.45, 2.75) is 6.36 Å². The van der Waals surface area contributed by atoms with Crippen LogP contribution in [0.4, 0.5) is 13.2 Å². The maximum absolute atomic E-state index is 11.9. The zero-order valence-corrected chi connectivity index (χ0v) is 10.5. The number of alkyl halides is 3. The van der Waals surface area contributed by atoms with E-state index in [1.807, 2.05) is 0 Å². The summed E-state index contributed by atoms with van der Waals surface area (Å²) in [4.78, 5) is 3.47. The third-order valence-corrected chi connectivity index (χ3v) is 2.61. The molecule has 0 spiro atoms. The van der Waals surface area contributed by atoms with Gasteiger partial charge in [-0.15, -0.1) is 13.2 Å². The second-order valence-electron chi connectivity index (χ2n) is 2.27. The van der Waals surface area contributed by atoms with Gasteiger partial charge in [0, 0.05) is 0 Å². The lowest BCUT2D eigenvalue weighted by Crippen LogP contribution is -2.18. The summed E-state index contributed by atoms with van der Waals surface area (Å²) in [5.41, 5.74) is 0.147. The molecule has 80 valence electrons. The van der Waals surface area contributed by atoms with Gasteiger partial charge in [-0.2, -0.15) is 5.26 Å². The lowest BCUT2D eigenvalue weighted by molar-refractivity contribution is -0.276. The van der Waals surface area contributed by atoms with Gasteiger partial charge in [0.05, 0.1) is 9.13 Å². The van der Waals surface area contributed by atoms with Gasteiger partial charge in [0.1, 0.15) is 10.7 Å². The highest BCUT2D eigenvalue weighted by Crippen LogP contribution is 2.28. The summed E-state index contributed by atoms with van der Waals surface area (Å²) in [6, 6.07) is 3.02. The highest BCUT2D eigenvalue weighted by molar-refractivity contribution is 14.1. The Morgan fingerprint density at radius 3 is 2.60 bits per heavy atom. The number of pyridine rings is 1. The fourth-order valence-corrected chi connectivity index (χ4v) is 1.62. The summed E-state index contributed by atoms with van der Waals surface area (Å²) in [5.74, 6) is -0.575. The monoisotopic (exact) mass is 392 g/mol. The van der Waals surface area contributed by atoms with Crippen LogP contribution in [-0.2, 0) is 0 Å². The minimum Gasteiger partial charge on any atom is -0.387 e. The summed E-state index contributed by atoms with van der Waals surface area (Å²) >= 11 is 4.47. The van der Waals surface area contributed by atoms with Crippen molar-refractivity contribution in [1.29, 1.82) is 5.26 Å². The summed E-state index contributed by atoms with van der Waals surface area (Å²) in [5, 5.41) is 8.58.